The average Bonchev–Trinajstić information content (AvgIpc) is 3.82. The van der Waals surface area contributed by atoms with Crippen molar-refractivity contribution in [3.8, 4) is 39.1 Å². The predicted molar refractivity (Wildman–Crippen MR) is 245 cm³/mol. The zero-order chi connectivity index (χ0) is 39.5. The van der Waals surface area contributed by atoms with Gasteiger partial charge in [-0.15, -0.1) is 11.3 Å². The van der Waals surface area contributed by atoms with Gasteiger partial charge in [0.1, 0.15) is 11.6 Å². The first-order valence-electron chi connectivity index (χ1n) is 19.6. The second-order valence-electron chi connectivity index (χ2n) is 14.8. The minimum Gasteiger partial charge on any atom is -0.310 e. The molecule has 5 heteroatoms. The molecule has 11 aromatic rings. The SMILES string of the molecule is Fc1ccc2c3ccc(F)cc3n(-c3cccc(-c4cccc(N(c5ccc(-c6ccccc6)cc5)c5ccc(-c6cccc7c6sc6ccccc67)cc5)c4)c3)c2c1. The first-order chi connectivity index (χ1) is 29.1. The lowest BCUT2D eigenvalue weighted by Crippen LogP contribution is -2.10. The predicted octanol–water partition coefficient (Wildman–Crippen LogP) is 15.9. The van der Waals surface area contributed by atoms with E-state index in [-0.39, 0.29) is 11.6 Å². The van der Waals surface area contributed by atoms with Gasteiger partial charge < -0.3 is 9.47 Å². The summed E-state index contributed by atoms with van der Waals surface area (Å²) in [6.07, 6.45) is 0. The number of aromatic nitrogens is 1. The average molecular weight is 781 g/mol. The van der Waals surface area contributed by atoms with E-state index in [1.54, 1.807) is 12.1 Å². The molecule has 2 aromatic heterocycles. The van der Waals surface area contributed by atoms with Gasteiger partial charge in [0.2, 0.25) is 0 Å². The number of nitrogens with zero attached hydrogens (tertiary/aromatic N) is 2. The van der Waals surface area contributed by atoms with Crippen LogP contribution in [0.3, 0.4) is 0 Å². The Bertz CT molecular complexity index is 3290. The van der Waals surface area contributed by atoms with E-state index in [1.807, 2.05) is 34.1 Å². The second-order valence-corrected chi connectivity index (χ2v) is 15.9. The Labute approximate surface area is 344 Å². The van der Waals surface area contributed by atoms with Crippen molar-refractivity contribution >= 4 is 70.4 Å². The summed E-state index contributed by atoms with van der Waals surface area (Å²) in [5.41, 5.74) is 12.0. The summed E-state index contributed by atoms with van der Waals surface area (Å²) >= 11 is 1.84. The van der Waals surface area contributed by atoms with Crippen LogP contribution in [0.15, 0.2) is 206 Å². The number of benzene rings is 9. The molecule has 11 rings (SSSR count). The van der Waals surface area contributed by atoms with Gasteiger partial charge in [0.25, 0.3) is 0 Å². The van der Waals surface area contributed by atoms with Crippen LogP contribution in [-0.4, -0.2) is 4.57 Å². The van der Waals surface area contributed by atoms with E-state index >= 15 is 0 Å². The highest BCUT2D eigenvalue weighted by Crippen LogP contribution is 2.42. The Morgan fingerprint density at radius 1 is 0.373 bits per heavy atom. The largest absolute Gasteiger partial charge is 0.310 e. The topological polar surface area (TPSA) is 8.17 Å². The van der Waals surface area contributed by atoms with Gasteiger partial charge in [-0.05, 0) is 124 Å². The van der Waals surface area contributed by atoms with Crippen LogP contribution in [0.1, 0.15) is 0 Å². The number of rotatable bonds is 7. The zero-order valence-corrected chi connectivity index (χ0v) is 32.5. The summed E-state index contributed by atoms with van der Waals surface area (Å²) in [6, 6.07) is 69.5. The van der Waals surface area contributed by atoms with Crippen molar-refractivity contribution in [3.05, 3.63) is 218 Å². The number of thiophene rings is 1. The van der Waals surface area contributed by atoms with E-state index in [1.165, 1.54) is 61.1 Å². The van der Waals surface area contributed by atoms with Crippen LogP contribution in [0, 0.1) is 11.6 Å². The molecule has 0 aliphatic heterocycles. The molecular weight excluding hydrogens is 747 g/mol. The van der Waals surface area contributed by atoms with Crippen LogP contribution in [0.5, 0.6) is 0 Å². The molecular formula is C54H34F2N2S. The molecule has 0 radical (unpaired) electrons. The fourth-order valence-electron chi connectivity index (χ4n) is 8.54. The molecule has 9 aromatic carbocycles. The molecule has 0 bridgehead atoms. The van der Waals surface area contributed by atoms with E-state index in [4.69, 9.17) is 0 Å². The van der Waals surface area contributed by atoms with Crippen molar-refractivity contribution in [2.24, 2.45) is 0 Å². The monoisotopic (exact) mass is 780 g/mol. The molecule has 0 saturated heterocycles. The first-order valence-corrected chi connectivity index (χ1v) is 20.4. The minimum atomic E-state index is -0.340. The molecule has 2 nitrogen and oxygen atoms in total. The lowest BCUT2D eigenvalue weighted by Gasteiger charge is -2.26. The fraction of sp³-hybridized carbons (Fsp3) is 0. The molecule has 0 spiro atoms. The molecule has 2 heterocycles. The Balaban J connectivity index is 1.02. The summed E-state index contributed by atoms with van der Waals surface area (Å²) in [6.45, 7) is 0. The summed E-state index contributed by atoms with van der Waals surface area (Å²) < 4.78 is 34.0. The Hall–Kier alpha value is -7.34. The van der Waals surface area contributed by atoms with Crippen molar-refractivity contribution in [1.82, 2.24) is 4.57 Å². The van der Waals surface area contributed by atoms with Gasteiger partial charge in [-0.25, -0.2) is 8.78 Å². The standard InChI is InChI=1S/C54H34F2N2S/c55-40-23-29-47-48-30-24-41(56)34-52(48)58(51(47)33-40)45-14-7-12-39(32-45)38-11-6-13-44(31-38)57(42-25-19-36(20-26-42)35-9-2-1-3-10-35)43-27-21-37(22-28-43)46-16-8-17-50-49-15-4-5-18-53(49)59-54(46)50/h1-34H. The molecule has 59 heavy (non-hydrogen) atoms. The highest BCUT2D eigenvalue weighted by Gasteiger charge is 2.18. The summed E-state index contributed by atoms with van der Waals surface area (Å²) in [5, 5.41) is 4.31. The molecule has 0 aliphatic rings. The van der Waals surface area contributed by atoms with Gasteiger partial charge in [-0.2, -0.15) is 0 Å². The Morgan fingerprint density at radius 2 is 0.932 bits per heavy atom. The maximum atomic E-state index is 14.7. The second kappa shape index (κ2) is 14.2. The van der Waals surface area contributed by atoms with Crippen molar-refractivity contribution in [2.75, 3.05) is 4.90 Å². The van der Waals surface area contributed by atoms with Crippen LogP contribution in [0.25, 0.3) is 81.0 Å². The van der Waals surface area contributed by atoms with E-state index in [2.05, 4.69) is 157 Å². The van der Waals surface area contributed by atoms with Crippen molar-refractivity contribution in [3.63, 3.8) is 0 Å². The van der Waals surface area contributed by atoms with E-state index in [0.717, 1.165) is 50.2 Å². The molecule has 0 aliphatic carbocycles. The maximum Gasteiger partial charge on any atom is 0.125 e. The van der Waals surface area contributed by atoms with Crippen LogP contribution in [0.4, 0.5) is 25.8 Å². The van der Waals surface area contributed by atoms with Crippen LogP contribution >= 0.6 is 11.3 Å². The van der Waals surface area contributed by atoms with Gasteiger partial charge in [0.15, 0.2) is 0 Å². The summed E-state index contributed by atoms with van der Waals surface area (Å²) in [7, 11) is 0. The van der Waals surface area contributed by atoms with Gasteiger partial charge >= 0.3 is 0 Å². The minimum absolute atomic E-state index is 0.340. The van der Waals surface area contributed by atoms with Crippen LogP contribution in [0.2, 0.25) is 0 Å². The number of hydrogen-bond donors (Lipinski definition) is 0. The third-order valence-corrected chi connectivity index (χ3v) is 12.5. The molecule has 280 valence electrons. The maximum absolute atomic E-state index is 14.7. The number of hydrogen-bond acceptors (Lipinski definition) is 2. The molecule has 0 saturated carbocycles. The van der Waals surface area contributed by atoms with Gasteiger partial charge in [-0.1, -0.05) is 115 Å². The third kappa shape index (κ3) is 6.15. The Morgan fingerprint density at radius 3 is 1.64 bits per heavy atom. The Kier molecular flexibility index (Phi) is 8.42. The molecule has 0 fully saturated rings. The summed E-state index contributed by atoms with van der Waals surface area (Å²) in [4.78, 5) is 2.30. The highest BCUT2D eigenvalue weighted by atomic mass is 32.1. The zero-order valence-electron chi connectivity index (χ0n) is 31.7. The van der Waals surface area contributed by atoms with Crippen molar-refractivity contribution in [2.45, 2.75) is 0 Å². The van der Waals surface area contributed by atoms with Gasteiger partial charge in [0.05, 0.1) is 11.0 Å². The molecule has 0 N–H and O–H groups in total. The van der Waals surface area contributed by atoms with Gasteiger partial charge in [-0.3, -0.25) is 0 Å². The first kappa shape index (κ1) is 34.9. The lowest BCUT2D eigenvalue weighted by molar-refractivity contribution is 0.629. The van der Waals surface area contributed by atoms with Crippen molar-refractivity contribution in [1.29, 1.82) is 0 Å². The third-order valence-electron chi connectivity index (χ3n) is 11.3. The van der Waals surface area contributed by atoms with Crippen molar-refractivity contribution < 1.29 is 8.78 Å². The summed E-state index contributed by atoms with van der Waals surface area (Å²) in [5.74, 6) is -0.680. The van der Waals surface area contributed by atoms with Crippen LogP contribution < -0.4 is 4.90 Å². The smallest absolute Gasteiger partial charge is 0.125 e. The fourth-order valence-corrected chi connectivity index (χ4v) is 9.78. The number of halogens is 2. The molecule has 0 amide bonds. The number of fused-ring (bicyclic) bond motifs is 6. The van der Waals surface area contributed by atoms with Crippen LogP contribution in [-0.2, 0) is 0 Å². The number of anilines is 3. The van der Waals surface area contributed by atoms with Gasteiger partial charge in [0, 0.05) is 53.7 Å². The van der Waals surface area contributed by atoms with E-state index < -0.39 is 0 Å². The highest BCUT2D eigenvalue weighted by molar-refractivity contribution is 7.26. The quantitative estimate of drug-likeness (QED) is 0.156. The molecule has 0 unspecified atom stereocenters. The van der Waals surface area contributed by atoms with E-state index in [0.29, 0.717) is 11.0 Å². The normalized spacial score (nSPS) is 11.6. The van der Waals surface area contributed by atoms with E-state index in [9.17, 15) is 8.78 Å². The lowest BCUT2D eigenvalue weighted by atomic mass is 10.0. The molecule has 0 atom stereocenters.